The van der Waals surface area contributed by atoms with E-state index in [1.165, 1.54) is 18.2 Å². The van der Waals surface area contributed by atoms with Gasteiger partial charge in [-0.1, -0.05) is 35.9 Å². The van der Waals surface area contributed by atoms with E-state index in [0.29, 0.717) is 12.0 Å². The van der Waals surface area contributed by atoms with Gasteiger partial charge in [0.15, 0.2) is 0 Å². The number of benzene rings is 2. The molecule has 0 amide bonds. The molecular formula is C15H14ClF2N. The predicted octanol–water partition coefficient (Wildman–Crippen LogP) is 4.12. The molecule has 0 radical (unpaired) electrons. The monoisotopic (exact) mass is 281 g/mol. The third kappa shape index (κ3) is 3.31. The third-order valence-electron chi connectivity index (χ3n) is 3.08. The van der Waals surface area contributed by atoms with E-state index in [1.807, 2.05) is 0 Å². The Morgan fingerprint density at radius 2 is 1.79 bits per heavy atom. The topological polar surface area (TPSA) is 12.0 Å². The summed E-state index contributed by atoms with van der Waals surface area (Å²) in [5.41, 5.74) is 1.44. The Labute approximate surface area is 116 Å². The molecule has 0 saturated carbocycles. The van der Waals surface area contributed by atoms with E-state index in [-0.39, 0.29) is 16.9 Å². The molecule has 0 aliphatic carbocycles. The maximum Gasteiger partial charge on any atom is 0.145 e. The van der Waals surface area contributed by atoms with Gasteiger partial charge in [-0.3, -0.25) is 0 Å². The molecule has 0 bridgehead atoms. The summed E-state index contributed by atoms with van der Waals surface area (Å²) in [6.45, 7) is 0. The van der Waals surface area contributed by atoms with E-state index < -0.39 is 5.82 Å². The molecule has 2 rings (SSSR count). The number of rotatable bonds is 4. The predicted molar refractivity (Wildman–Crippen MR) is 73.3 cm³/mol. The zero-order valence-electron chi connectivity index (χ0n) is 10.5. The minimum atomic E-state index is -0.397. The van der Waals surface area contributed by atoms with E-state index in [2.05, 4.69) is 5.32 Å². The highest BCUT2D eigenvalue weighted by molar-refractivity contribution is 6.30. The first kappa shape index (κ1) is 14.0. The summed E-state index contributed by atoms with van der Waals surface area (Å²) in [7, 11) is 1.79. The lowest BCUT2D eigenvalue weighted by atomic mass is 9.98. The van der Waals surface area contributed by atoms with Crippen molar-refractivity contribution in [1.29, 1.82) is 0 Å². The van der Waals surface area contributed by atoms with Crippen molar-refractivity contribution in [2.75, 3.05) is 7.05 Å². The van der Waals surface area contributed by atoms with E-state index >= 15 is 0 Å². The van der Waals surface area contributed by atoms with Crippen molar-refractivity contribution in [2.24, 2.45) is 0 Å². The van der Waals surface area contributed by atoms with Crippen LogP contribution in [0.5, 0.6) is 0 Å². The molecule has 2 aromatic rings. The highest BCUT2D eigenvalue weighted by Crippen LogP contribution is 2.24. The van der Waals surface area contributed by atoms with Gasteiger partial charge >= 0.3 is 0 Å². The Balaban J connectivity index is 2.24. The normalized spacial score (nSPS) is 12.4. The summed E-state index contributed by atoms with van der Waals surface area (Å²) >= 11 is 5.76. The molecule has 0 aromatic heterocycles. The van der Waals surface area contributed by atoms with Gasteiger partial charge in [0.05, 0.1) is 5.02 Å². The largest absolute Gasteiger partial charge is 0.313 e. The fourth-order valence-electron chi connectivity index (χ4n) is 2.01. The van der Waals surface area contributed by atoms with Gasteiger partial charge in [0, 0.05) is 6.04 Å². The van der Waals surface area contributed by atoms with Gasteiger partial charge in [0.25, 0.3) is 0 Å². The van der Waals surface area contributed by atoms with Crippen LogP contribution in [0.4, 0.5) is 8.78 Å². The van der Waals surface area contributed by atoms with E-state index in [4.69, 9.17) is 11.6 Å². The lowest BCUT2D eigenvalue weighted by Gasteiger charge is -2.17. The SMILES string of the molecule is CNC(Cc1cccc(Cl)c1F)c1ccc(F)cc1. The molecule has 0 saturated heterocycles. The van der Waals surface area contributed by atoms with Crippen LogP contribution in [-0.4, -0.2) is 7.05 Å². The zero-order valence-corrected chi connectivity index (χ0v) is 11.2. The third-order valence-corrected chi connectivity index (χ3v) is 3.37. The highest BCUT2D eigenvalue weighted by Gasteiger charge is 2.14. The van der Waals surface area contributed by atoms with E-state index in [1.54, 1.807) is 31.3 Å². The molecule has 1 atom stereocenters. The van der Waals surface area contributed by atoms with Crippen LogP contribution >= 0.6 is 11.6 Å². The van der Waals surface area contributed by atoms with Gasteiger partial charge in [-0.2, -0.15) is 0 Å². The minimum Gasteiger partial charge on any atom is -0.313 e. The summed E-state index contributed by atoms with van der Waals surface area (Å²) in [4.78, 5) is 0. The van der Waals surface area contributed by atoms with Gasteiger partial charge in [0.2, 0.25) is 0 Å². The second-order valence-electron chi connectivity index (χ2n) is 4.31. The molecular weight excluding hydrogens is 268 g/mol. The summed E-state index contributed by atoms with van der Waals surface area (Å²) in [5.74, 6) is -0.681. The first-order valence-electron chi connectivity index (χ1n) is 5.97. The Morgan fingerprint density at radius 1 is 1.11 bits per heavy atom. The average Bonchev–Trinajstić information content (AvgIpc) is 2.42. The van der Waals surface area contributed by atoms with Crippen molar-refractivity contribution in [1.82, 2.24) is 5.32 Å². The van der Waals surface area contributed by atoms with Crippen LogP contribution in [0.15, 0.2) is 42.5 Å². The number of nitrogens with one attached hydrogen (secondary N) is 1. The number of likely N-dealkylation sites (N-methyl/N-ethyl adjacent to an activating group) is 1. The Kier molecular flexibility index (Phi) is 4.51. The fraction of sp³-hybridized carbons (Fsp3) is 0.200. The van der Waals surface area contributed by atoms with Crippen LogP contribution in [-0.2, 0) is 6.42 Å². The summed E-state index contributed by atoms with van der Waals surface area (Å²) in [6.07, 6.45) is 0.453. The molecule has 1 N–H and O–H groups in total. The Bertz CT molecular complexity index is 555. The van der Waals surface area contributed by atoms with Crippen LogP contribution in [0, 0.1) is 11.6 Å². The smallest absolute Gasteiger partial charge is 0.145 e. The second-order valence-corrected chi connectivity index (χ2v) is 4.72. The molecule has 1 unspecified atom stereocenters. The van der Waals surface area contributed by atoms with Gasteiger partial charge in [-0.15, -0.1) is 0 Å². The van der Waals surface area contributed by atoms with Crippen molar-refractivity contribution in [2.45, 2.75) is 12.5 Å². The molecule has 4 heteroatoms. The maximum absolute atomic E-state index is 13.9. The quantitative estimate of drug-likeness (QED) is 0.889. The molecule has 1 nitrogen and oxygen atoms in total. The van der Waals surface area contributed by atoms with Crippen molar-refractivity contribution in [3.8, 4) is 0 Å². The Hall–Kier alpha value is -1.45. The van der Waals surface area contributed by atoms with Crippen LogP contribution in [0.1, 0.15) is 17.2 Å². The summed E-state index contributed by atoms with van der Waals surface area (Å²) in [6, 6.07) is 11.0. The standard InChI is InChI=1S/C15H14ClF2N/c1-19-14(10-5-7-12(17)8-6-10)9-11-3-2-4-13(16)15(11)18/h2-8,14,19H,9H2,1H3. The zero-order chi connectivity index (χ0) is 13.8. The first-order valence-corrected chi connectivity index (χ1v) is 6.35. The fourth-order valence-corrected chi connectivity index (χ4v) is 2.20. The maximum atomic E-state index is 13.9. The van der Waals surface area contributed by atoms with Crippen molar-refractivity contribution in [3.63, 3.8) is 0 Å². The summed E-state index contributed by atoms with van der Waals surface area (Å²) < 4.78 is 26.8. The number of halogens is 3. The second kappa shape index (κ2) is 6.13. The van der Waals surface area contributed by atoms with Crippen LogP contribution in [0.3, 0.4) is 0 Å². The first-order chi connectivity index (χ1) is 9.11. The van der Waals surface area contributed by atoms with E-state index in [0.717, 1.165) is 5.56 Å². The lowest BCUT2D eigenvalue weighted by Crippen LogP contribution is -2.19. The van der Waals surface area contributed by atoms with Crippen molar-refractivity contribution >= 4 is 11.6 Å². The molecule has 0 fully saturated rings. The van der Waals surface area contributed by atoms with Gasteiger partial charge in [-0.25, -0.2) is 8.78 Å². The van der Waals surface area contributed by atoms with E-state index in [9.17, 15) is 8.78 Å². The molecule has 2 aromatic carbocycles. The molecule has 0 aliphatic heterocycles. The van der Waals surface area contributed by atoms with Crippen molar-refractivity contribution < 1.29 is 8.78 Å². The average molecular weight is 282 g/mol. The summed E-state index contributed by atoms with van der Waals surface area (Å²) in [5, 5.41) is 3.22. The number of hydrogen-bond donors (Lipinski definition) is 1. The van der Waals surface area contributed by atoms with Crippen LogP contribution in [0.2, 0.25) is 5.02 Å². The molecule has 0 spiro atoms. The van der Waals surface area contributed by atoms with Crippen LogP contribution in [0.25, 0.3) is 0 Å². The van der Waals surface area contributed by atoms with Gasteiger partial charge in [-0.05, 0) is 42.8 Å². The minimum absolute atomic E-state index is 0.0893. The highest BCUT2D eigenvalue weighted by atomic mass is 35.5. The Morgan fingerprint density at radius 3 is 2.42 bits per heavy atom. The molecule has 0 aliphatic rings. The number of hydrogen-bond acceptors (Lipinski definition) is 1. The van der Waals surface area contributed by atoms with Crippen molar-refractivity contribution in [3.05, 3.63) is 70.2 Å². The van der Waals surface area contributed by atoms with Gasteiger partial charge < -0.3 is 5.32 Å². The van der Waals surface area contributed by atoms with Gasteiger partial charge in [0.1, 0.15) is 11.6 Å². The molecule has 100 valence electrons. The molecule has 19 heavy (non-hydrogen) atoms. The lowest BCUT2D eigenvalue weighted by molar-refractivity contribution is 0.552. The van der Waals surface area contributed by atoms with Crippen LogP contribution < -0.4 is 5.32 Å². The molecule has 0 heterocycles.